The molecule has 1 amide bonds. The second kappa shape index (κ2) is 30.9. The quantitative estimate of drug-likeness (QED) is 0.0879. The van der Waals surface area contributed by atoms with Crippen LogP contribution in [0.3, 0.4) is 0 Å². The highest BCUT2D eigenvalue weighted by Crippen LogP contribution is 2.08. The number of rotatable bonds is 31. The van der Waals surface area contributed by atoms with Gasteiger partial charge in [-0.3, -0.25) is 4.79 Å². The Morgan fingerprint density at radius 1 is 0.548 bits per heavy atom. The van der Waals surface area contributed by atoms with Crippen molar-refractivity contribution in [2.45, 2.75) is 84.2 Å². The Kier molecular flexibility index (Phi) is 29.8. The number of hydrogen-bond donors (Lipinski definition) is 2. The lowest BCUT2D eigenvalue weighted by molar-refractivity contribution is -0.156. The lowest BCUT2D eigenvalue weighted by Gasteiger charge is -2.19. The van der Waals surface area contributed by atoms with Crippen molar-refractivity contribution >= 4 is 12.1 Å². The first-order chi connectivity index (χ1) is 20.3. The summed E-state index contributed by atoms with van der Waals surface area (Å²) in [7, 11) is 0. The van der Waals surface area contributed by atoms with Crippen LogP contribution in [0, 0.1) is 0 Å². The fourth-order valence-electron chi connectivity index (χ4n) is 3.51. The van der Waals surface area contributed by atoms with Gasteiger partial charge in [-0.1, -0.05) is 38.5 Å². The summed E-state index contributed by atoms with van der Waals surface area (Å²) < 4.78 is 42.8. The molecule has 0 aromatic rings. The Morgan fingerprint density at radius 3 is 1.36 bits per heavy atom. The first-order valence-electron chi connectivity index (χ1n) is 15.6. The molecule has 3 N–H and O–H groups in total. The number of amides is 1. The molecule has 0 atom stereocenters. The molecule has 12 heteroatoms. The van der Waals surface area contributed by atoms with Crippen molar-refractivity contribution in [2.75, 3.05) is 99.0 Å². The topological polar surface area (TPSA) is 146 Å². The molecule has 12 nitrogen and oxygen atoms in total. The zero-order chi connectivity index (χ0) is 31.0. The van der Waals surface area contributed by atoms with Crippen molar-refractivity contribution in [3.05, 3.63) is 0 Å². The monoisotopic (exact) mass is 608 g/mol. The maximum Gasteiger partial charge on any atom is 0.407 e. The molecular formula is C30H60N2O10. The van der Waals surface area contributed by atoms with E-state index in [0.29, 0.717) is 85.8 Å². The van der Waals surface area contributed by atoms with Gasteiger partial charge >= 0.3 is 12.1 Å². The SMILES string of the molecule is CC(C)(C)OC(=O)CCOCCOCCOCCOCCOCCOCCOC(=O)NCCCCCCCCCCN. The highest BCUT2D eigenvalue weighted by atomic mass is 16.6. The third kappa shape index (κ3) is 34.7. The number of nitrogens with two attached hydrogens (primary N) is 1. The van der Waals surface area contributed by atoms with Gasteiger partial charge < -0.3 is 48.9 Å². The predicted octanol–water partition coefficient (Wildman–Crippen LogP) is 3.62. The summed E-state index contributed by atoms with van der Waals surface area (Å²) in [5, 5.41) is 2.77. The molecule has 0 aliphatic rings. The number of unbranched alkanes of at least 4 members (excludes halogenated alkanes) is 7. The Balaban J connectivity index is 3.18. The number of nitrogens with one attached hydrogen (secondary N) is 1. The minimum Gasteiger partial charge on any atom is -0.460 e. The molecule has 0 aliphatic heterocycles. The summed E-state index contributed by atoms with van der Waals surface area (Å²) in [6.07, 6.45) is 9.24. The summed E-state index contributed by atoms with van der Waals surface area (Å²) in [5.41, 5.74) is 5.02. The summed E-state index contributed by atoms with van der Waals surface area (Å²) in [5.74, 6) is -0.267. The average Bonchev–Trinajstić information content (AvgIpc) is 2.94. The van der Waals surface area contributed by atoms with E-state index in [4.69, 9.17) is 43.6 Å². The average molecular weight is 609 g/mol. The minimum absolute atomic E-state index is 0.215. The number of ether oxygens (including phenoxy) is 8. The molecule has 0 bridgehead atoms. The van der Waals surface area contributed by atoms with Crippen molar-refractivity contribution in [2.24, 2.45) is 5.73 Å². The van der Waals surface area contributed by atoms with E-state index >= 15 is 0 Å². The van der Waals surface area contributed by atoms with Crippen molar-refractivity contribution in [3.8, 4) is 0 Å². The van der Waals surface area contributed by atoms with Crippen LogP contribution in [0.1, 0.15) is 78.6 Å². The van der Waals surface area contributed by atoms with Crippen LogP contribution >= 0.6 is 0 Å². The van der Waals surface area contributed by atoms with E-state index in [-0.39, 0.29) is 19.0 Å². The molecule has 250 valence electrons. The smallest absolute Gasteiger partial charge is 0.407 e. The number of carbonyl (C=O) groups is 2. The maximum absolute atomic E-state index is 11.6. The lowest BCUT2D eigenvalue weighted by Crippen LogP contribution is -2.26. The summed E-state index contributed by atoms with van der Waals surface area (Å²) >= 11 is 0. The van der Waals surface area contributed by atoms with Crippen LogP contribution in [-0.2, 0) is 42.7 Å². The predicted molar refractivity (Wildman–Crippen MR) is 161 cm³/mol. The van der Waals surface area contributed by atoms with E-state index < -0.39 is 11.7 Å². The standard InChI is InChI=1S/C30H60N2O10/c1-30(2,3)42-28(33)12-15-35-16-17-36-18-19-37-20-21-38-22-23-39-24-25-40-26-27-41-29(34)32-14-11-9-7-5-4-6-8-10-13-31/h4-27,31H2,1-3H3,(H,32,34). The fourth-order valence-corrected chi connectivity index (χ4v) is 3.51. The molecule has 0 unspecified atom stereocenters. The van der Waals surface area contributed by atoms with E-state index in [9.17, 15) is 9.59 Å². The molecule has 0 saturated carbocycles. The zero-order valence-corrected chi connectivity index (χ0v) is 26.6. The number of esters is 1. The maximum atomic E-state index is 11.6. The molecule has 0 spiro atoms. The largest absolute Gasteiger partial charge is 0.460 e. The highest BCUT2D eigenvalue weighted by Gasteiger charge is 2.15. The van der Waals surface area contributed by atoms with E-state index in [1.54, 1.807) is 0 Å². The Bertz CT molecular complexity index is 605. The van der Waals surface area contributed by atoms with Gasteiger partial charge in [0.2, 0.25) is 0 Å². The molecule has 0 aliphatic carbocycles. The molecule has 0 saturated heterocycles. The van der Waals surface area contributed by atoms with E-state index in [0.717, 1.165) is 25.8 Å². The molecule has 0 fully saturated rings. The third-order valence-electron chi connectivity index (χ3n) is 5.59. The fraction of sp³-hybridized carbons (Fsp3) is 0.933. The zero-order valence-electron chi connectivity index (χ0n) is 26.6. The van der Waals surface area contributed by atoms with Crippen molar-refractivity contribution in [1.29, 1.82) is 0 Å². The highest BCUT2D eigenvalue weighted by molar-refractivity contribution is 5.69. The molecule has 0 aromatic heterocycles. The van der Waals surface area contributed by atoms with E-state index in [1.165, 1.54) is 32.1 Å². The van der Waals surface area contributed by atoms with E-state index in [2.05, 4.69) is 5.32 Å². The van der Waals surface area contributed by atoms with Gasteiger partial charge in [0.1, 0.15) is 12.2 Å². The minimum atomic E-state index is -0.474. The number of alkyl carbamates (subject to hydrolysis) is 1. The number of hydrogen-bond acceptors (Lipinski definition) is 11. The lowest BCUT2D eigenvalue weighted by atomic mass is 10.1. The van der Waals surface area contributed by atoms with Gasteiger partial charge in [-0.05, 0) is 40.2 Å². The van der Waals surface area contributed by atoms with Gasteiger partial charge in [0.25, 0.3) is 0 Å². The van der Waals surface area contributed by atoms with Gasteiger partial charge in [0, 0.05) is 6.54 Å². The van der Waals surface area contributed by atoms with Crippen LogP contribution in [0.2, 0.25) is 0 Å². The normalized spacial score (nSPS) is 11.5. The third-order valence-corrected chi connectivity index (χ3v) is 5.59. The molecule has 0 radical (unpaired) electrons. The first-order valence-corrected chi connectivity index (χ1v) is 15.6. The van der Waals surface area contributed by atoms with Crippen molar-refractivity contribution < 1.29 is 47.5 Å². The first kappa shape index (κ1) is 40.5. The van der Waals surface area contributed by atoms with Crippen molar-refractivity contribution in [1.82, 2.24) is 5.32 Å². The molecular weight excluding hydrogens is 548 g/mol. The van der Waals surface area contributed by atoms with E-state index in [1.807, 2.05) is 20.8 Å². The molecule has 0 heterocycles. The number of carbonyl (C=O) groups excluding carboxylic acids is 2. The van der Waals surface area contributed by atoms with Crippen LogP contribution < -0.4 is 11.1 Å². The Labute approximate surface area is 253 Å². The molecule has 42 heavy (non-hydrogen) atoms. The van der Waals surface area contributed by atoms with Crippen molar-refractivity contribution in [3.63, 3.8) is 0 Å². The van der Waals surface area contributed by atoms with Crippen LogP contribution in [0.15, 0.2) is 0 Å². The summed E-state index contributed by atoms with van der Waals surface area (Å²) in [6, 6.07) is 0. The van der Waals surface area contributed by atoms with Crippen LogP contribution in [0.25, 0.3) is 0 Å². The van der Waals surface area contributed by atoms with Gasteiger partial charge in [0.15, 0.2) is 0 Å². The Morgan fingerprint density at radius 2 is 0.929 bits per heavy atom. The van der Waals surface area contributed by atoms with Gasteiger partial charge in [0.05, 0.1) is 85.7 Å². The molecule has 0 rings (SSSR count). The molecule has 0 aromatic carbocycles. The van der Waals surface area contributed by atoms with Crippen LogP contribution in [-0.4, -0.2) is 117 Å². The Hall–Kier alpha value is -1.54. The summed E-state index contributed by atoms with van der Waals surface area (Å²) in [6.45, 7) is 12.3. The van der Waals surface area contributed by atoms with Gasteiger partial charge in [-0.25, -0.2) is 4.79 Å². The van der Waals surface area contributed by atoms with Gasteiger partial charge in [-0.2, -0.15) is 0 Å². The van der Waals surface area contributed by atoms with Crippen LogP contribution in [0.5, 0.6) is 0 Å². The van der Waals surface area contributed by atoms with Crippen LogP contribution in [0.4, 0.5) is 4.79 Å². The second-order valence-electron chi connectivity index (χ2n) is 10.7. The summed E-state index contributed by atoms with van der Waals surface area (Å²) in [4.78, 5) is 23.2. The van der Waals surface area contributed by atoms with Gasteiger partial charge in [-0.15, -0.1) is 0 Å². The second-order valence-corrected chi connectivity index (χ2v) is 10.7.